The van der Waals surface area contributed by atoms with Gasteiger partial charge in [-0.1, -0.05) is 96.3 Å². The van der Waals surface area contributed by atoms with Crippen LogP contribution in [0.2, 0.25) is 0 Å². The molecule has 0 unspecified atom stereocenters. The van der Waals surface area contributed by atoms with E-state index >= 15 is 0 Å². The first-order chi connectivity index (χ1) is 22.0. The highest BCUT2D eigenvalue weighted by Crippen LogP contribution is 2.27. The first-order valence-corrected chi connectivity index (χ1v) is 18.1. The number of rotatable bonds is 30. The number of esters is 3. The number of hydrogen-bond acceptors (Lipinski definition) is 9. The van der Waals surface area contributed by atoms with Crippen LogP contribution in [0.1, 0.15) is 173 Å². The van der Waals surface area contributed by atoms with Gasteiger partial charge < -0.3 is 28.4 Å². The van der Waals surface area contributed by atoms with Crippen LogP contribution in [0.5, 0.6) is 0 Å². The number of ether oxygens (including phenoxy) is 6. The van der Waals surface area contributed by atoms with Gasteiger partial charge in [-0.15, -0.1) is 0 Å². The van der Waals surface area contributed by atoms with E-state index in [9.17, 15) is 14.4 Å². The quantitative estimate of drug-likeness (QED) is 0.0431. The molecule has 0 bridgehead atoms. The lowest BCUT2D eigenvalue weighted by Gasteiger charge is -2.36. The second-order valence-corrected chi connectivity index (χ2v) is 12.5. The van der Waals surface area contributed by atoms with Gasteiger partial charge in [0.15, 0.2) is 18.9 Å². The normalized spacial score (nSPS) is 18.1. The zero-order chi connectivity index (χ0) is 32.8. The van der Waals surface area contributed by atoms with Gasteiger partial charge in [0.2, 0.25) is 0 Å². The smallest absolute Gasteiger partial charge is 0.305 e. The molecule has 0 spiro atoms. The molecule has 0 aromatic heterocycles. The third-order valence-electron chi connectivity index (χ3n) is 8.56. The number of methoxy groups -OCH3 is 3. The van der Waals surface area contributed by atoms with E-state index in [1.807, 2.05) is 0 Å². The molecular formula is C36H66O9. The molecule has 9 nitrogen and oxygen atoms in total. The maximum atomic E-state index is 11.2. The second-order valence-electron chi connectivity index (χ2n) is 12.5. The van der Waals surface area contributed by atoms with Crippen molar-refractivity contribution in [3.05, 3.63) is 0 Å². The van der Waals surface area contributed by atoms with Crippen molar-refractivity contribution < 1.29 is 42.8 Å². The lowest BCUT2D eigenvalue weighted by Crippen LogP contribution is -2.40. The number of unbranched alkanes of at least 4 members (excludes halogenated alkanes) is 18. The van der Waals surface area contributed by atoms with Crippen LogP contribution in [-0.4, -0.2) is 58.1 Å². The van der Waals surface area contributed by atoms with E-state index in [2.05, 4.69) is 0 Å². The Labute approximate surface area is 274 Å². The molecule has 1 fully saturated rings. The molecule has 1 aliphatic rings. The molecule has 0 aromatic carbocycles. The Morgan fingerprint density at radius 1 is 0.356 bits per heavy atom. The Balaban J connectivity index is 2.27. The summed E-state index contributed by atoms with van der Waals surface area (Å²) in [5, 5.41) is 0. The molecule has 1 rings (SSSR count). The number of carbonyl (C=O) groups is 3. The van der Waals surface area contributed by atoms with Gasteiger partial charge in [-0.2, -0.15) is 0 Å². The Bertz CT molecular complexity index is 628. The fourth-order valence-electron chi connectivity index (χ4n) is 5.71. The fraction of sp³-hybridized carbons (Fsp3) is 0.917. The van der Waals surface area contributed by atoms with Crippen molar-refractivity contribution >= 4 is 17.9 Å². The first-order valence-electron chi connectivity index (χ1n) is 18.1. The summed E-state index contributed by atoms with van der Waals surface area (Å²) in [4.78, 5) is 33.7. The SMILES string of the molecule is COC(=O)CCCCCCCCCC1OC(CCCCCCCCCC(=O)OC)OC(CCCCCCCCCC(=O)OC)O1. The molecule has 1 aliphatic heterocycles. The van der Waals surface area contributed by atoms with Gasteiger partial charge in [-0.05, 0) is 57.8 Å². The maximum absolute atomic E-state index is 11.2. The van der Waals surface area contributed by atoms with Crippen LogP contribution in [-0.2, 0) is 42.8 Å². The molecule has 1 saturated heterocycles. The Morgan fingerprint density at radius 2 is 0.556 bits per heavy atom. The van der Waals surface area contributed by atoms with Crippen LogP contribution >= 0.6 is 0 Å². The molecule has 0 amide bonds. The average molecular weight is 643 g/mol. The topological polar surface area (TPSA) is 107 Å². The van der Waals surface area contributed by atoms with Crippen LogP contribution in [0.15, 0.2) is 0 Å². The predicted octanol–water partition coefficient (Wildman–Crippen LogP) is 9.08. The standard InChI is InChI=1S/C36H66O9/c1-40-31(37)25-19-13-7-4-10-16-22-28-34-43-35(29-23-17-11-5-8-14-20-26-32(38)41-2)45-36(44-34)30-24-18-12-6-9-15-21-27-33(39)42-3/h34-36H,4-30H2,1-3H3. The van der Waals surface area contributed by atoms with Gasteiger partial charge in [0.05, 0.1) is 21.3 Å². The fourth-order valence-corrected chi connectivity index (χ4v) is 5.71. The molecule has 45 heavy (non-hydrogen) atoms. The predicted molar refractivity (Wildman–Crippen MR) is 175 cm³/mol. The highest BCUT2D eigenvalue weighted by Gasteiger charge is 2.29. The van der Waals surface area contributed by atoms with Gasteiger partial charge >= 0.3 is 17.9 Å². The van der Waals surface area contributed by atoms with Crippen LogP contribution in [0.4, 0.5) is 0 Å². The molecule has 264 valence electrons. The second kappa shape index (κ2) is 29.7. The first kappa shape index (κ1) is 41.3. The van der Waals surface area contributed by atoms with Gasteiger partial charge in [0.25, 0.3) is 0 Å². The lowest BCUT2D eigenvalue weighted by molar-refractivity contribution is -0.386. The minimum Gasteiger partial charge on any atom is -0.469 e. The minimum atomic E-state index is -0.196. The van der Waals surface area contributed by atoms with Crippen LogP contribution in [0.25, 0.3) is 0 Å². The molecule has 0 aromatic rings. The van der Waals surface area contributed by atoms with Gasteiger partial charge in [-0.3, -0.25) is 14.4 Å². The lowest BCUT2D eigenvalue weighted by atomic mass is 10.1. The summed E-state index contributed by atoms with van der Waals surface area (Å²) in [5.74, 6) is -0.344. The van der Waals surface area contributed by atoms with Gasteiger partial charge in [0, 0.05) is 19.3 Å². The van der Waals surface area contributed by atoms with Crippen molar-refractivity contribution in [2.24, 2.45) is 0 Å². The molecule has 0 aliphatic carbocycles. The third-order valence-corrected chi connectivity index (χ3v) is 8.56. The number of hydrogen-bond donors (Lipinski definition) is 0. The van der Waals surface area contributed by atoms with Crippen molar-refractivity contribution in [3.8, 4) is 0 Å². The van der Waals surface area contributed by atoms with Gasteiger partial charge in [-0.25, -0.2) is 0 Å². The molecular weight excluding hydrogens is 576 g/mol. The highest BCUT2D eigenvalue weighted by molar-refractivity contribution is 5.69. The monoisotopic (exact) mass is 642 g/mol. The Kier molecular flexibility index (Phi) is 27.2. The third kappa shape index (κ3) is 25.1. The summed E-state index contributed by atoms with van der Waals surface area (Å²) in [6, 6.07) is 0. The zero-order valence-electron chi connectivity index (χ0n) is 29.0. The summed E-state index contributed by atoms with van der Waals surface area (Å²) in [5.41, 5.74) is 0. The molecule has 9 heteroatoms. The summed E-state index contributed by atoms with van der Waals surface area (Å²) < 4.78 is 32.8. The van der Waals surface area contributed by atoms with E-state index in [1.54, 1.807) is 0 Å². The van der Waals surface area contributed by atoms with E-state index in [0.717, 1.165) is 116 Å². The van der Waals surface area contributed by atoms with Crippen LogP contribution < -0.4 is 0 Å². The maximum Gasteiger partial charge on any atom is 0.305 e. The molecule has 0 saturated carbocycles. The van der Waals surface area contributed by atoms with E-state index < -0.39 is 0 Å². The van der Waals surface area contributed by atoms with E-state index in [1.165, 1.54) is 59.9 Å². The largest absolute Gasteiger partial charge is 0.469 e. The van der Waals surface area contributed by atoms with Crippen LogP contribution in [0, 0.1) is 0 Å². The average Bonchev–Trinajstić information content (AvgIpc) is 3.05. The molecule has 0 N–H and O–H groups in total. The van der Waals surface area contributed by atoms with E-state index in [-0.39, 0.29) is 36.8 Å². The zero-order valence-corrected chi connectivity index (χ0v) is 29.0. The summed E-state index contributed by atoms with van der Waals surface area (Å²) in [6.07, 6.45) is 27.0. The van der Waals surface area contributed by atoms with E-state index in [0.29, 0.717) is 19.3 Å². The summed E-state index contributed by atoms with van der Waals surface area (Å²) in [6.45, 7) is 0. The highest BCUT2D eigenvalue weighted by atomic mass is 16.9. The summed E-state index contributed by atoms with van der Waals surface area (Å²) in [7, 11) is 4.34. The van der Waals surface area contributed by atoms with Crippen molar-refractivity contribution in [2.45, 2.75) is 192 Å². The van der Waals surface area contributed by atoms with Crippen LogP contribution in [0.3, 0.4) is 0 Å². The molecule has 1 heterocycles. The number of carbonyl (C=O) groups excluding carboxylic acids is 3. The molecule has 0 atom stereocenters. The van der Waals surface area contributed by atoms with Crippen molar-refractivity contribution in [1.82, 2.24) is 0 Å². The van der Waals surface area contributed by atoms with Crippen molar-refractivity contribution in [1.29, 1.82) is 0 Å². The van der Waals surface area contributed by atoms with E-state index in [4.69, 9.17) is 28.4 Å². The Hall–Kier alpha value is -1.71. The molecule has 0 radical (unpaired) electrons. The minimum absolute atomic E-state index is 0.115. The van der Waals surface area contributed by atoms with Crippen molar-refractivity contribution in [3.63, 3.8) is 0 Å². The van der Waals surface area contributed by atoms with Gasteiger partial charge in [0.1, 0.15) is 0 Å². The Morgan fingerprint density at radius 3 is 0.778 bits per heavy atom. The van der Waals surface area contributed by atoms with Crippen molar-refractivity contribution in [2.75, 3.05) is 21.3 Å². The summed E-state index contributed by atoms with van der Waals surface area (Å²) >= 11 is 0.